The van der Waals surface area contributed by atoms with Gasteiger partial charge >= 0.3 is 0 Å². The van der Waals surface area contributed by atoms with E-state index in [0.717, 1.165) is 41.4 Å². The van der Waals surface area contributed by atoms with Gasteiger partial charge in [0.1, 0.15) is 0 Å². The molecule has 1 saturated heterocycles. The standard InChI is InChI=1S/C14H18Br2N2O/c1-2-18-7-5-11(6-8-18)17-14(19)12-4-3-10(15)9-13(12)16/h3-4,9,11H,2,5-8H2,1H3,(H,17,19). The van der Waals surface area contributed by atoms with Crippen LogP contribution in [0.3, 0.4) is 0 Å². The number of benzene rings is 1. The number of piperidine rings is 1. The third-order valence-corrected chi connectivity index (χ3v) is 4.70. The zero-order valence-electron chi connectivity index (χ0n) is 11.0. The molecule has 1 aliphatic heterocycles. The van der Waals surface area contributed by atoms with E-state index in [4.69, 9.17) is 0 Å². The largest absolute Gasteiger partial charge is 0.349 e. The predicted octanol–water partition coefficient (Wildman–Crippen LogP) is 3.43. The third kappa shape index (κ3) is 4.04. The second-order valence-corrected chi connectivity index (χ2v) is 6.58. The number of carbonyl (C=O) groups is 1. The van der Waals surface area contributed by atoms with Gasteiger partial charge in [0, 0.05) is 28.1 Å². The second kappa shape index (κ2) is 6.86. The molecule has 19 heavy (non-hydrogen) atoms. The van der Waals surface area contributed by atoms with Crippen molar-refractivity contribution in [3.8, 4) is 0 Å². The number of halogens is 2. The van der Waals surface area contributed by atoms with Gasteiger partial charge < -0.3 is 10.2 Å². The minimum atomic E-state index is 0.00863. The second-order valence-electron chi connectivity index (χ2n) is 4.81. The normalized spacial score (nSPS) is 17.4. The van der Waals surface area contributed by atoms with Gasteiger partial charge in [0.05, 0.1) is 5.56 Å². The summed E-state index contributed by atoms with van der Waals surface area (Å²) in [6, 6.07) is 5.92. The van der Waals surface area contributed by atoms with Crippen LogP contribution in [-0.4, -0.2) is 36.5 Å². The molecule has 104 valence electrons. The van der Waals surface area contributed by atoms with Crippen LogP contribution in [0, 0.1) is 0 Å². The molecule has 5 heteroatoms. The zero-order chi connectivity index (χ0) is 13.8. The van der Waals surface area contributed by atoms with Crippen molar-refractivity contribution in [3.05, 3.63) is 32.7 Å². The molecule has 3 nitrogen and oxygen atoms in total. The molecule has 1 aromatic rings. The summed E-state index contributed by atoms with van der Waals surface area (Å²) in [4.78, 5) is 14.6. The van der Waals surface area contributed by atoms with Gasteiger partial charge in [-0.25, -0.2) is 0 Å². The molecule has 0 saturated carbocycles. The minimum absolute atomic E-state index is 0.00863. The molecule has 1 amide bonds. The molecule has 0 aliphatic carbocycles. The quantitative estimate of drug-likeness (QED) is 0.858. The number of nitrogens with one attached hydrogen (secondary N) is 1. The minimum Gasteiger partial charge on any atom is -0.349 e. The van der Waals surface area contributed by atoms with Crippen molar-refractivity contribution in [1.29, 1.82) is 0 Å². The molecule has 1 N–H and O–H groups in total. The fourth-order valence-corrected chi connectivity index (χ4v) is 3.56. The smallest absolute Gasteiger partial charge is 0.252 e. The lowest BCUT2D eigenvalue weighted by molar-refractivity contribution is 0.0912. The summed E-state index contributed by atoms with van der Waals surface area (Å²) in [5.74, 6) is 0.00863. The molecule has 1 heterocycles. The summed E-state index contributed by atoms with van der Waals surface area (Å²) in [6.45, 7) is 5.42. The van der Waals surface area contributed by atoms with Crippen LogP contribution in [0.25, 0.3) is 0 Å². The van der Waals surface area contributed by atoms with E-state index in [1.807, 2.05) is 18.2 Å². The Morgan fingerprint density at radius 3 is 2.63 bits per heavy atom. The summed E-state index contributed by atoms with van der Waals surface area (Å²) < 4.78 is 1.79. The highest BCUT2D eigenvalue weighted by Crippen LogP contribution is 2.22. The van der Waals surface area contributed by atoms with Gasteiger partial charge in [-0.2, -0.15) is 0 Å². The van der Waals surface area contributed by atoms with E-state index in [1.54, 1.807) is 0 Å². The van der Waals surface area contributed by atoms with Crippen LogP contribution >= 0.6 is 31.9 Å². The molecule has 2 rings (SSSR count). The van der Waals surface area contributed by atoms with E-state index < -0.39 is 0 Å². The molecular formula is C14H18Br2N2O. The van der Waals surface area contributed by atoms with Gasteiger partial charge in [0.15, 0.2) is 0 Å². The third-order valence-electron chi connectivity index (χ3n) is 3.55. The topological polar surface area (TPSA) is 32.3 Å². The number of carbonyl (C=O) groups excluding carboxylic acids is 1. The average Bonchev–Trinajstić information content (AvgIpc) is 2.39. The van der Waals surface area contributed by atoms with Gasteiger partial charge in [-0.3, -0.25) is 4.79 Å². The first kappa shape index (κ1) is 15.0. The van der Waals surface area contributed by atoms with E-state index in [9.17, 15) is 4.79 Å². The molecule has 1 fully saturated rings. The fraction of sp³-hybridized carbons (Fsp3) is 0.500. The first-order chi connectivity index (χ1) is 9.10. The maximum absolute atomic E-state index is 12.2. The van der Waals surface area contributed by atoms with Crippen molar-refractivity contribution in [2.75, 3.05) is 19.6 Å². The van der Waals surface area contributed by atoms with Gasteiger partial charge in [0.25, 0.3) is 5.91 Å². The van der Waals surface area contributed by atoms with E-state index in [-0.39, 0.29) is 5.91 Å². The van der Waals surface area contributed by atoms with Crippen LogP contribution in [0.1, 0.15) is 30.1 Å². The molecule has 1 aliphatic rings. The van der Waals surface area contributed by atoms with Crippen molar-refractivity contribution in [2.45, 2.75) is 25.8 Å². The van der Waals surface area contributed by atoms with E-state index in [0.29, 0.717) is 11.6 Å². The number of likely N-dealkylation sites (tertiary alicyclic amines) is 1. The highest BCUT2D eigenvalue weighted by atomic mass is 79.9. The maximum atomic E-state index is 12.2. The van der Waals surface area contributed by atoms with E-state index >= 15 is 0 Å². The van der Waals surface area contributed by atoms with Crippen LogP contribution < -0.4 is 5.32 Å². The summed E-state index contributed by atoms with van der Waals surface area (Å²) in [6.07, 6.45) is 2.07. The monoisotopic (exact) mass is 388 g/mol. The Bertz CT molecular complexity index is 457. The molecule has 0 atom stereocenters. The van der Waals surface area contributed by atoms with E-state index in [2.05, 4.69) is 49.0 Å². The average molecular weight is 390 g/mol. The van der Waals surface area contributed by atoms with Crippen LogP contribution in [-0.2, 0) is 0 Å². The summed E-state index contributed by atoms with van der Waals surface area (Å²) in [7, 11) is 0. The Morgan fingerprint density at radius 1 is 1.37 bits per heavy atom. The van der Waals surface area contributed by atoms with Crippen molar-refractivity contribution >= 4 is 37.8 Å². The first-order valence-electron chi connectivity index (χ1n) is 6.58. The number of hydrogen-bond acceptors (Lipinski definition) is 2. The number of rotatable bonds is 3. The molecule has 0 aromatic heterocycles. The van der Waals surface area contributed by atoms with Crippen LogP contribution in [0.2, 0.25) is 0 Å². The Balaban J connectivity index is 1.94. The lowest BCUT2D eigenvalue weighted by Gasteiger charge is -2.31. The van der Waals surface area contributed by atoms with Gasteiger partial charge in [-0.1, -0.05) is 22.9 Å². The Morgan fingerprint density at radius 2 is 2.05 bits per heavy atom. The molecule has 1 aromatic carbocycles. The SMILES string of the molecule is CCN1CCC(NC(=O)c2ccc(Br)cc2Br)CC1. The van der Waals surface area contributed by atoms with Gasteiger partial charge in [-0.15, -0.1) is 0 Å². The van der Waals surface area contributed by atoms with Crippen molar-refractivity contribution < 1.29 is 4.79 Å². The Labute approximate surface area is 131 Å². The summed E-state index contributed by atoms with van der Waals surface area (Å²) >= 11 is 6.83. The highest BCUT2D eigenvalue weighted by Gasteiger charge is 2.20. The first-order valence-corrected chi connectivity index (χ1v) is 8.17. The fourth-order valence-electron chi connectivity index (χ4n) is 2.33. The van der Waals surface area contributed by atoms with Crippen LogP contribution in [0.15, 0.2) is 27.1 Å². The molecule has 0 radical (unpaired) electrons. The lowest BCUT2D eigenvalue weighted by Crippen LogP contribution is -2.44. The zero-order valence-corrected chi connectivity index (χ0v) is 14.1. The molecule has 0 unspecified atom stereocenters. The Hall–Kier alpha value is -0.390. The Kier molecular flexibility index (Phi) is 5.42. The summed E-state index contributed by atoms with van der Waals surface area (Å²) in [5, 5.41) is 3.13. The molecule has 0 spiro atoms. The highest BCUT2D eigenvalue weighted by molar-refractivity contribution is 9.11. The van der Waals surface area contributed by atoms with Crippen molar-refractivity contribution in [1.82, 2.24) is 10.2 Å². The number of nitrogens with zero attached hydrogens (tertiary/aromatic N) is 1. The van der Waals surface area contributed by atoms with E-state index in [1.165, 1.54) is 0 Å². The van der Waals surface area contributed by atoms with Crippen molar-refractivity contribution in [3.63, 3.8) is 0 Å². The van der Waals surface area contributed by atoms with Gasteiger partial charge in [0.2, 0.25) is 0 Å². The molecule has 0 bridgehead atoms. The number of hydrogen-bond donors (Lipinski definition) is 1. The van der Waals surface area contributed by atoms with Crippen LogP contribution in [0.4, 0.5) is 0 Å². The maximum Gasteiger partial charge on any atom is 0.252 e. The van der Waals surface area contributed by atoms with Crippen LogP contribution in [0.5, 0.6) is 0 Å². The predicted molar refractivity (Wildman–Crippen MR) is 84.4 cm³/mol. The van der Waals surface area contributed by atoms with Crippen molar-refractivity contribution in [2.24, 2.45) is 0 Å². The lowest BCUT2D eigenvalue weighted by atomic mass is 10.0. The summed E-state index contributed by atoms with van der Waals surface area (Å²) in [5.41, 5.74) is 0.695. The van der Waals surface area contributed by atoms with Gasteiger partial charge in [-0.05, 0) is 53.5 Å². The number of amides is 1. The molecular weight excluding hydrogens is 372 g/mol.